The summed E-state index contributed by atoms with van der Waals surface area (Å²) < 4.78 is 43.9. The fraction of sp³-hybridized carbons (Fsp3) is 0.188. The first kappa shape index (κ1) is 14.9. The molecule has 2 aromatic rings. The molecule has 2 nitrogen and oxygen atoms in total. The second kappa shape index (κ2) is 5.88. The number of hydrogen-bond acceptors (Lipinski definition) is 2. The largest absolute Gasteiger partial charge is 0.457 e. The average molecular weight is 291 g/mol. The van der Waals surface area contributed by atoms with Gasteiger partial charge in [0.1, 0.15) is 11.5 Å². The van der Waals surface area contributed by atoms with E-state index in [4.69, 9.17) is 10.00 Å². The molecule has 0 amide bonds. The summed E-state index contributed by atoms with van der Waals surface area (Å²) in [5.41, 5.74) is -0.304. The third-order valence-corrected chi connectivity index (χ3v) is 2.98. The Balaban J connectivity index is 2.30. The number of alkyl halides is 3. The van der Waals surface area contributed by atoms with Crippen molar-refractivity contribution in [3.8, 4) is 17.6 Å². The molecule has 0 spiro atoms. The van der Waals surface area contributed by atoms with Crippen LogP contribution in [0.15, 0.2) is 42.5 Å². The van der Waals surface area contributed by atoms with Gasteiger partial charge in [-0.3, -0.25) is 0 Å². The summed E-state index contributed by atoms with van der Waals surface area (Å²) in [5, 5.41) is 8.73. The van der Waals surface area contributed by atoms with Crippen molar-refractivity contribution in [2.24, 2.45) is 0 Å². The lowest BCUT2D eigenvalue weighted by Crippen LogP contribution is -2.07. The van der Waals surface area contributed by atoms with Crippen LogP contribution in [0.5, 0.6) is 11.5 Å². The molecule has 2 rings (SSSR count). The molecule has 0 fully saturated rings. The molecule has 0 heterocycles. The number of halogens is 3. The molecular formula is C16H12F3NO. The summed E-state index contributed by atoms with van der Waals surface area (Å²) in [5.74, 6) is 0.496. The van der Waals surface area contributed by atoms with Crippen LogP contribution in [0.2, 0.25) is 0 Å². The van der Waals surface area contributed by atoms with Crippen LogP contribution in [-0.4, -0.2) is 0 Å². The zero-order valence-electron chi connectivity index (χ0n) is 11.2. The van der Waals surface area contributed by atoms with Crippen LogP contribution >= 0.6 is 0 Å². The highest BCUT2D eigenvalue weighted by Crippen LogP contribution is 2.35. The molecule has 0 bridgehead atoms. The molecule has 0 saturated carbocycles. The minimum absolute atomic E-state index is 0.0468. The first-order valence-electron chi connectivity index (χ1n) is 6.32. The molecule has 0 unspecified atom stereocenters. The number of rotatable bonds is 3. The molecule has 0 aliphatic rings. The van der Waals surface area contributed by atoms with Crippen LogP contribution < -0.4 is 4.74 Å². The number of hydrogen-bond donors (Lipinski definition) is 0. The van der Waals surface area contributed by atoms with E-state index >= 15 is 0 Å². The second-order valence-corrected chi connectivity index (χ2v) is 4.42. The summed E-state index contributed by atoms with van der Waals surface area (Å²) >= 11 is 0. The number of benzene rings is 2. The summed E-state index contributed by atoms with van der Waals surface area (Å²) in [4.78, 5) is 0. The van der Waals surface area contributed by atoms with Crippen LogP contribution in [0, 0.1) is 11.3 Å². The highest BCUT2D eigenvalue weighted by atomic mass is 19.4. The lowest BCUT2D eigenvalue weighted by atomic mass is 10.1. The Morgan fingerprint density at radius 2 is 1.67 bits per heavy atom. The minimum atomic E-state index is -4.59. The monoisotopic (exact) mass is 291 g/mol. The Labute approximate surface area is 120 Å². The second-order valence-electron chi connectivity index (χ2n) is 4.42. The van der Waals surface area contributed by atoms with Gasteiger partial charge >= 0.3 is 6.18 Å². The van der Waals surface area contributed by atoms with Crippen LogP contribution in [0.1, 0.15) is 23.6 Å². The van der Waals surface area contributed by atoms with Gasteiger partial charge in [0.2, 0.25) is 0 Å². The first-order valence-corrected chi connectivity index (χ1v) is 6.32. The summed E-state index contributed by atoms with van der Waals surface area (Å²) in [6, 6.07) is 11.9. The number of ether oxygens (including phenoxy) is 1. The molecule has 0 saturated heterocycles. The maximum atomic E-state index is 12.8. The van der Waals surface area contributed by atoms with Crippen molar-refractivity contribution in [1.29, 1.82) is 5.26 Å². The molecule has 2 aromatic carbocycles. The van der Waals surface area contributed by atoms with Gasteiger partial charge in [0.25, 0.3) is 0 Å². The standard InChI is InChI=1S/C16H12F3NO/c1-2-11-3-6-13(7-4-11)21-14-8-5-12(10-20)15(9-14)16(17,18)19/h3-9H,2H2,1H3. The first-order chi connectivity index (χ1) is 9.94. The Kier molecular flexibility index (Phi) is 4.18. The Morgan fingerprint density at radius 1 is 1.05 bits per heavy atom. The van der Waals surface area contributed by atoms with E-state index in [2.05, 4.69) is 0 Å². The molecule has 5 heteroatoms. The van der Waals surface area contributed by atoms with E-state index in [0.29, 0.717) is 5.75 Å². The summed E-state index contributed by atoms with van der Waals surface area (Å²) in [7, 11) is 0. The smallest absolute Gasteiger partial charge is 0.417 e. The van der Waals surface area contributed by atoms with Crippen molar-refractivity contribution in [3.63, 3.8) is 0 Å². The topological polar surface area (TPSA) is 33.0 Å². The minimum Gasteiger partial charge on any atom is -0.457 e. The van der Waals surface area contributed by atoms with Gasteiger partial charge < -0.3 is 4.74 Å². The van der Waals surface area contributed by atoms with Gasteiger partial charge in [-0.15, -0.1) is 0 Å². The van der Waals surface area contributed by atoms with Crippen molar-refractivity contribution in [2.75, 3.05) is 0 Å². The molecule has 21 heavy (non-hydrogen) atoms. The van der Waals surface area contributed by atoms with Crippen molar-refractivity contribution in [1.82, 2.24) is 0 Å². The molecule has 0 N–H and O–H groups in total. The van der Waals surface area contributed by atoms with E-state index in [1.54, 1.807) is 12.1 Å². The van der Waals surface area contributed by atoms with Crippen LogP contribution in [0.3, 0.4) is 0 Å². The summed E-state index contributed by atoms with van der Waals surface area (Å²) in [6.07, 6.45) is -3.72. The van der Waals surface area contributed by atoms with Gasteiger partial charge in [-0.1, -0.05) is 19.1 Å². The van der Waals surface area contributed by atoms with Gasteiger partial charge in [-0.2, -0.15) is 18.4 Å². The molecule has 0 atom stereocenters. The highest BCUT2D eigenvalue weighted by Gasteiger charge is 2.34. The maximum Gasteiger partial charge on any atom is 0.417 e. The average Bonchev–Trinajstić information content (AvgIpc) is 2.47. The van der Waals surface area contributed by atoms with E-state index in [-0.39, 0.29) is 5.75 Å². The normalized spacial score (nSPS) is 11.0. The highest BCUT2D eigenvalue weighted by molar-refractivity contribution is 5.45. The third-order valence-electron chi connectivity index (χ3n) is 2.98. The lowest BCUT2D eigenvalue weighted by Gasteiger charge is -2.12. The third kappa shape index (κ3) is 3.54. The molecule has 0 aliphatic heterocycles. The fourth-order valence-corrected chi connectivity index (χ4v) is 1.85. The fourth-order valence-electron chi connectivity index (χ4n) is 1.85. The van der Waals surface area contributed by atoms with Crippen LogP contribution in [-0.2, 0) is 12.6 Å². The van der Waals surface area contributed by atoms with E-state index < -0.39 is 17.3 Å². The van der Waals surface area contributed by atoms with Crippen LogP contribution in [0.4, 0.5) is 13.2 Å². The Hall–Kier alpha value is -2.48. The van der Waals surface area contributed by atoms with E-state index in [0.717, 1.165) is 24.1 Å². The van der Waals surface area contributed by atoms with Crippen LogP contribution in [0.25, 0.3) is 0 Å². The van der Waals surface area contributed by atoms with E-state index in [1.165, 1.54) is 12.1 Å². The Bertz CT molecular complexity index is 669. The molecule has 108 valence electrons. The van der Waals surface area contributed by atoms with Crippen molar-refractivity contribution in [2.45, 2.75) is 19.5 Å². The molecule has 0 radical (unpaired) electrons. The van der Waals surface area contributed by atoms with Gasteiger partial charge in [0, 0.05) is 0 Å². The molecule has 0 aliphatic carbocycles. The zero-order valence-corrected chi connectivity index (χ0v) is 11.2. The number of aryl methyl sites for hydroxylation is 1. The predicted molar refractivity (Wildman–Crippen MR) is 72.1 cm³/mol. The number of nitrogens with zero attached hydrogens (tertiary/aromatic N) is 1. The van der Waals surface area contributed by atoms with E-state index in [9.17, 15) is 13.2 Å². The van der Waals surface area contributed by atoms with Gasteiger partial charge in [0.05, 0.1) is 17.2 Å². The quantitative estimate of drug-likeness (QED) is 0.803. The van der Waals surface area contributed by atoms with Gasteiger partial charge in [-0.05, 0) is 42.3 Å². The SMILES string of the molecule is CCc1ccc(Oc2ccc(C#N)c(C(F)(F)F)c2)cc1. The summed E-state index contributed by atoms with van der Waals surface area (Å²) in [6.45, 7) is 2.01. The van der Waals surface area contributed by atoms with Crippen molar-refractivity contribution >= 4 is 0 Å². The van der Waals surface area contributed by atoms with E-state index in [1.807, 2.05) is 19.1 Å². The zero-order chi connectivity index (χ0) is 15.5. The maximum absolute atomic E-state index is 12.8. The Morgan fingerprint density at radius 3 is 2.19 bits per heavy atom. The van der Waals surface area contributed by atoms with Gasteiger partial charge in [-0.25, -0.2) is 0 Å². The predicted octanol–water partition coefficient (Wildman–Crippen LogP) is 4.93. The number of nitriles is 1. The molecular weight excluding hydrogens is 279 g/mol. The van der Waals surface area contributed by atoms with Gasteiger partial charge in [0.15, 0.2) is 0 Å². The lowest BCUT2D eigenvalue weighted by molar-refractivity contribution is -0.137. The molecule has 0 aromatic heterocycles. The van der Waals surface area contributed by atoms with Crippen molar-refractivity contribution in [3.05, 3.63) is 59.2 Å². The van der Waals surface area contributed by atoms with Crippen molar-refractivity contribution < 1.29 is 17.9 Å².